The van der Waals surface area contributed by atoms with Gasteiger partial charge >= 0.3 is 0 Å². The summed E-state index contributed by atoms with van der Waals surface area (Å²) in [4.78, 5) is 2.52. The first-order valence-electron chi connectivity index (χ1n) is 4.18. The van der Waals surface area contributed by atoms with E-state index in [0.717, 1.165) is 0 Å². The van der Waals surface area contributed by atoms with E-state index in [2.05, 4.69) is 18.4 Å². The van der Waals surface area contributed by atoms with E-state index < -0.39 is 0 Å². The predicted octanol–water partition coefficient (Wildman–Crippen LogP) is 1.90. The molecule has 0 radical (unpaired) electrons. The fourth-order valence-electron chi connectivity index (χ4n) is 1.45. The summed E-state index contributed by atoms with van der Waals surface area (Å²) >= 11 is 0. The van der Waals surface area contributed by atoms with Crippen LogP contribution >= 0.6 is 0 Å². The van der Waals surface area contributed by atoms with Crippen LogP contribution in [0.15, 0.2) is 12.7 Å². The normalized spacial score (nSPS) is 22.9. The molecule has 1 heterocycles. The van der Waals surface area contributed by atoms with Crippen LogP contribution in [0.4, 0.5) is 0 Å². The summed E-state index contributed by atoms with van der Waals surface area (Å²) in [6.07, 6.45) is 4.83. The molecule has 0 N–H and O–H groups in total. The van der Waals surface area contributed by atoms with Gasteiger partial charge in [-0.25, -0.2) is 0 Å². The summed E-state index contributed by atoms with van der Waals surface area (Å²) in [6.45, 7) is 9.82. The molecule has 1 aliphatic heterocycles. The quantitative estimate of drug-likeness (QED) is 0.540. The molecule has 1 rings (SSSR count). The van der Waals surface area contributed by atoms with Crippen molar-refractivity contribution in [2.75, 3.05) is 19.6 Å². The maximum absolute atomic E-state index is 3.78. The van der Waals surface area contributed by atoms with E-state index in [1.807, 2.05) is 6.08 Å². The number of rotatable bonds is 3. The smallest absolute Gasteiger partial charge is 0.00416 e. The van der Waals surface area contributed by atoms with Gasteiger partial charge in [-0.15, -0.1) is 6.58 Å². The van der Waals surface area contributed by atoms with E-state index in [-0.39, 0.29) is 0 Å². The molecule has 0 aromatic heterocycles. The molecule has 58 valence electrons. The molecule has 0 saturated carbocycles. The van der Waals surface area contributed by atoms with Gasteiger partial charge in [0.15, 0.2) is 0 Å². The zero-order valence-electron chi connectivity index (χ0n) is 6.84. The maximum atomic E-state index is 3.78. The summed E-state index contributed by atoms with van der Waals surface area (Å²) in [7, 11) is 0. The van der Waals surface area contributed by atoms with E-state index >= 15 is 0 Å². The minimum atomic E-state index is 0.665. The minimum Gasteiger partial charge on any atom is -0.303 e. The number of hydrogen-bond acceptors (Lipinski definition) is 1. The molecular weight excluding hydrogens is 122 g/mol. The number of nitrogens with zero attached hydrogens (tertiary/aromatic N) is 1. The number of likely N-dealkylation sites (tertiary alicyclic amines) is 1. The van der Waals surface area contributed by atoms with Crippen molar-refractivity contribution < 1.29 is 0 Å². The van der Waals surface area contributed by atoms with Crippen LogP contribution in [-0.2, 0) is 0 Å². The van der Waals surface area contributed by atoms with Crippen molar-refractivity contribution in [3.05, 3.63) is 12.7 Å². The SMILES string of the molecule is C=CC(C)CN1CCCC1. The standard InChI is InChI=1S/C9H17N/c1-3-9(2)8-10-6-4-5-7-10/h3,9H,1,4-8H2,2H3. The van der Waals surface area contributed by atoms with Crippen LogP contribution in [0.25, 0.3) is 0 Å². The van der Waals surface area contributed by atoms with Crippen molar-refractivity contribution in [2.45, 2.75) is 19.8 Å². The van der Waals surface area contributed by atoms with Crippen LogP contribution in [-0.4, -0.2) is 24.5 Å². The lowest BCUT2D eigenvalue weighted by molar-refractivity contribution is 0.311. The highest BCUT2D eigenvalue weighted by molar-refractivity contribution is 4.79. The Balaban J connectivity index is 2.17. The van der Waals surface area contributed by atoms with Gasteiger partial charge in [0.1, 0.15) is 0 Å². The second kappa shape index (κ2) is 3.77. The van der Waals surface area contributed by atoms with Gasteiger partial charge in [-0.1, -0.05) is 13.0 Å². The van der Waals surface area contributed by atoms with Crippen LogP contribution in [0.3, 0.4) is 0 Å². The predicted molar refractivity (Wildman–Crippen MR) is 45.0 cm³/mol. The summed E-state index contributed by atoms with van der Waals surface area (Å²) in [5.41, 5.74) is 0. The molecule has 1 heteroatoms. The van der Waals surface area contributed by atoms with Crippen molar-refractivity contribution in [3.63, 3.8) is 0 Å². The second-order valence-corrected chi connectivity index (χ2v) is 3.22. The molecule has 1 fully saturated rings. The third-order valence-electron chi connectivity index (χ3n) is 2.15. The molecule has 1 aliphatic rings. The van der Waals surface area contributed by atoms with Gasteiger partial charge in [0.05, 0.1) is 0 Å². The fraction of sp³-hybridized carbons (Fsp3) is 0.778. The van der Waals surface area contributed by atoms with Gasteiger partial charge in [0, 0.05) is 6.54 Å². The van der Waals surface area contributed by atoms with Crippen LogP contribution in [0.5, 0.6) is 0 Å². The molecule has 1 nitrogen and oxygen atoms in total. The molecule has 0 aliphatic carbocycles. The Bertz CT molecular complexity index is 103. The largest absolute Gasteiger partial charge is 0.303 e. The Kier molecular flexibility index (Phi) is 2.94. The molecule has 1 saturated heterocycles. The highest BCUT2D eigenvalue weighted by Gasteiger charge is 2.12. The van der Waals surface area contributed by atoms with Crippen LogP contribution in [0.2, 0.25) is 0 Å². The fourth-order valence-corrected chi connectivity index (χ4v) is 1.45. The van der Waals surface area contributed by atoms with Gasteiger partial charge in [0.2, 0.25) is 0 Å². The minimum absolute atomic E-state index is 0.665. The lowest BCUT2D eigenvalue weighted by atomic mass is 10.2. The van der Waals surface area contributed by atoms with Crippen LogP contribution < -0.4 is 0 Å². The lowest BCUT2D eigenvalue weighted by Gasteiger charge is -2.16. The lowest BCUT2D eigenvalue weighted by Crippen LogP contribution is -2.24. The average molecular weight is 139 g/mol. The van der Waals surface area contributed by atoms with Gasteiger partial charge < -0.3 is 4.90 Å². The van der Waals surface area contributed by atoms with Crippen molar-refractivity contribution >= 4 is 0 Å². The first kappa shape index (κ1) is 7.80. The van der Waals surface area contributed by atoms with Crippen LogP contribution in [0.1, 0.15) is 19.8 Å². The average Bonchev–Trinajstić information content (AvgIpc) is 2.40. The highest BCUT2D eigenvalue weighted by Crippen LogP contribution is 2.09. The van der Waals surface area contributed by atoms with Crippen molar-refractivity contribution in [1.29, 1.82) is 0 Å². The molecule has 0 spiro atoms. The van der Waals surface area contributed by atoms with E-state index in [4.69, 9.17) is 0 Å². The molecule has 0 bridgehead atoms. The van der Waals surface area contributed by atoms with E-state index in [1.165, 1.54) is 32.5 Å². The summed E-state index contributed by atoms with van der Waals surface area (Å²) in [6, 6.07) is 0. The molecule has 0 aromatic carbocycles. The summed E-state index contributed by atoms with van der Waals surface area (Å²) < 4.78 is 0. The van der Waals surface area contributed by atoms with Crippen molar-refractivity contribution in [1.82, 2.24) is 4.90 Å². The molecule has 1 unspecified atom stereocenters. The van der Waals surface area contributed by atoms with Gasteiger partial charge in [-0.05, 0) is 31.8 Å². The molecular formula is C9H17N. The van der Waals surface area contributed by atoms with Crippen LogP contribution in [0, 0.1) is 5.92 Å². The Morgan fingerprint density at radius 1 is 1.50 bits per heavy atom. The van der Waals surface area contributed by atoms with E-state index in [1.54, 1.807) is 0 Å². The molecule has 0 amide bonds. The monoisotopic (exact) mass is 139 g/mol. The third-order valence-corrected chi connectivity index (χ3v) is 2.15. The van der Waals surface area contributed by atoms with Gasteiger partial charge in [0.25, 0.3) is 0 Å². The summed E-state index contributed by atoms with van der Waals surface area (Å²) in [5.74, 6) is 0.665. The first-order chi connectivity index (χ1) is 4.83. The molecule has 0 aromatic rings. The maximum Gasteiger partial charge on any atom is 0.00416 e. The number of hydrogen-bond donors (Lipinski definition) is 0. The Hall–Kier alpha value is -0.300. The zero-order chi connectivity index (χ0) is 7.40. The molecule has 1 atom stereocenters. The van der Waals surface area contributed by atoms with E-state index in [9.17, 15) is 0 Å². The highest BCUT2D eigenvalue weighted by atomic mass is 15.1. The Morgan fingerprint density at radius 2 is 2.10 bits per heavy atom. The Labute approximate surface area is 63.7 Å². The molecule has 10 heavy (non-hydrogen) atoms. The first-order valence-corrected chi connectivity index (χ1v) is 4.18. The zero-order valence-corrected chi connectivity index (χ0v) is 6.84. The van der Waals surface area contributed by atoms with Crippen molar-refractivity contribution in [3.8, 4) is 0 Å². The topological polar surface area (TPSA) is 3.24 Å². The third kappa shape index (κ3) is 2.14. The van der Waals surface area contributed by atoms with Gasteiger partial charge in [-0.2, -0.15) is 0 Å². The van der Waals surface area contributed by atoms with Crippen molar-refractivity contribution in [2.24, 2.45) is 5.92 Å². The second-order valence-electron chi connectivity index (χ2n) is 3.22. The van der Waals surface area contributed by atoms with E-state index in [0.29, 0.717) is 5.92 Å². The summed E-state index contributed by atoms with van der Waals surface area (Å²) in [5, 5.41) is 0. The Morgan fingerprint density at radius 3 is 2.60 bits per heavy atom. The van der Waals surface area contributed by atoms with Gasteiger partial charge in [-0.3, -0.25) is 0 Å².